The third kappa shape index (κ3) is 3.24. The molecule has 0 bridgehead atoms. The number of para-hydroxylation sites is 2. The zero-order valence-electron chi connectivity index (χ0n) is 20.6. The Morgan fingerprint density at radius 1 is 0.684 bits per heavy atom. The second-order valence-electron chi connectivity index (χ2n) is 9.80. The SMILES string of the molecule is C1=CCNC(C2=CC=CC(c3cccc(-c4cc5c6ccccc6oc5c5c4oc4ccccc45)c3)N2)=C1. The molecule has 0 radical (unpaired) electrons. The highest BCUT2D eigenvalue weighted by Gasteiger charge is 2.21. The lowest BCUT2D eigenvalue weighted by atomic mass is 9.95. The maximum absolute atomic E-state index is 6.50. The van der Waals surface area contributed by atoms with Gasteiger partial charge in [-0.05, 0) is 47.5 Å². The minimum atomic E-state index is 0.0632. The smallest absolute Gasteiger partial charge is 0.147 e. The summed E-state index contributed by atoms with van der Waals surface area (Å²) in [6.07, 6.45) is 12.8. The first-order valence-corrected chi connectivity index (χ1v) is 13.0. The lowest BCUT2D eigenvalue weighted by Crippen LogP contribution is -2.28. The molecule has 0 amide bonds. The van der Waals surface area contributed by atoms with Crippen LogP contribution >= 0.6 is 0 Å². The van der Waals surface area contributed by atoms with E-state index in [-0.39, 0.29) is 6.04 Å². The largest absolute Gasteiger partial charge is 0.455 e. The van der Waals surface area contributed by atoms with E-state index < -0.39 is 0 Å². The minimum absolute atomic E-state index is 0.0632. The molecular formula is C34H24N2O2. The van der Waals surface area contributed by atoms with Crippen molar-refractivity contribution in [3.63, 3.8) is 0 Å². The number of rotatable bonds is 3. The van der Waals surface area contributed by atoms with Crippen molar-refractivity contribution >= 4 is 43.9 Å². The molecule has 1 unspecified atom stereocenters. The molecule has 6 aromatic rings. The maximum atomic E-state index is 6.50. The molecule has 0 saturated heterocycles. The fourth-order valence-electron chi connectivity index (χ4n) is 5.71. The van der Waals surface area contributed by atoms with Crippen LogP contribution in [-0.4, -0.2) is 6.54 Å². The highest BCUT2D eigenvalue weighted by atomic mass is 16.3. The molecule has 2 aliphatic heterocycles. The fraction of sp³-hybridized carbons (Fsp3) is 0.0588. The number of furan rings is 2. The number of hydrogen-bond donors (Lipinski definition) is 2. The zero-order valence-corrected chi connectivity index (χ0v) is 20.6. The van der Waals surface area contributed by atoms with Crippen LogP contribution in [0.3, 0.4) is 0 Å². The van der Waals surface area contributed by atoms with Gasteiger partial charge in [0.25, 0.3) is 0 Å². The third-order valence-electron chi connectivity index (χ3n) is 7.52. The predicted octanol–water partition coefficient (Wildman–Crippen LogP) is 8.28. The maximum Gasteiger partial charge on any atom is 0.147 e. The second-order valence-corrected chi connectivity index (χ2v) is 9.80. The summed E-state index contributed by atoms with van der Waals surface area (Å²) in [7, 11) is 0. The number of allylic oxidation sites excluding steroid dienone is 4. The van der Waals surface area contributed by atoms with Gasteiger partial charge in [-0.1, -0.05) is 78.9 Å². The molecule has 0 aliphatic carbocycles. The van der Waals surface area contributed by atoms with E-state index in [9.17, 15) is 0 Å². The molecule has 4 heterocycles. The van der Waals surface area contributed by atoms with Gasteiger partial charge in [0.15, 0.2) is 0 Å². The monoisotopic (exact) mass is 492 g/mol. The first-order valence-electron chi connectivity index (χ1n) is 13.0. The topological polar surface area (TPSA) is 50.3 Å². The van der Waals surface area contributed by atoms with E-state index in [0.717, 1.165) is 72.9 Å². The molecule has 2 N–H and O–H groups in total. The first kappa shape index (κ1) is 21.2. The summed E-state index contributed by atoms with van der Waals surface area (Å²) >= 11 is 0. The van der Waals surface area contributed by atoms with E-state index >= 15 is 0 Å². The van der Waals surface area contributed by atoms with Crippen molar-refractivity contribution in [1.82, 2.24) is 10.6 Å². The second kappa shape index (κ2) is 8.29. The van der Waals surface area contributed by atoms with Crippen molar-refractivity contribution in [2.45, 2.75) is 6.04 Å². The van der Waals surface area contributed by atoms with Crippen LogP contribution in [0.15, 0.2) is 136 Å². The van der Waals surface area contributed by atoms with Crippen LogP contribution in [0.25, 0.3) is 55.0 Å². The van der Waals surface area contributed by atoms with E-state index in [2.05, 4.69) is 102 Å². The van der Waals surface area contributed by atoms with Gasteiger partial charge in [-0.3, -0.25) is 0 Å². The van der Waals surface area contributed by atoms with Gasteiger partial charge in [-0.25, -0.2) is 0 Å². The number of dihydropyridines is 2. The van der Waals surface area contributed by atoms with Crippen LogP contribution in [0.4, 0.5) is 0 Å². The molecule has 0 spiro atoms. The number of benzene rings is 4. The van der Waals surface area contributed by atoms with E-state index in [0.29, 0.717) is 0 Å². The number of hydrogen-bond acceptors (Lipinski definition) is 4. The van der Waals surface area contributed by atoms with Crippen LogP contribution in [0.1, 0.15) is 11.6 Å². The lowest BCUT2D eigenvalue weighted by molar-refractivity contribution is 0.663. The Morgan fingerprint density at radius 2 is 1.47 bits per heavy atom. The van der Waals surface area contributed by atoms with Crippen LogP contribution in [0.5, 0.6) is 0 Å². The van der Waals surface area contributed by atoms with E-state index in [4.69, 9.17) is 8.83 Å². The lowest BCUT2D eigenvalue weighted by Gasteiger charge is -2.25. The van der Waals surface area contributed by atoms with Crippen LogP contribution < -0.4 is 10.6 Å². The first-order chi connectivity index (χ1) is 18.8. The number of fused-ring (bicyclic) bond motifs is 7. The van der Waals surface area contributed by atoms with E-state index in [1.807, 2.05) is 24.3 Å². The molecular weight excluding hydrogens is 468 g/mol. The van der Waals surface area contributed by atoms with Gasteiger partial charge in [0.1, 0.15) is 22.3 Å². The highest BCUT2D eigenvalue weighted by molar-refractivity contribution is 6.25. The molecule has 0 fully saturated rings. The van der Waals surface area contributed by atoms with Crippen molar-refractivity contribution < 1.29 is 8.83 Å². The van der Waals surface area contributed by atoms with Gasteiger partial charge in [-0.15, -0.1) is 0 Å². The Balaban J connectivity index is 1.30. The Labute approximate surface area is 219 Å². The Kier molecular flexibility index (Phi) is 4.61. The average molecular weight is 493 g/mol. The molecule has 182 valence electrons. The molecule has 4 heteroatoms. The molecule has 1 atom stereocenters. The van der Waals surface area contributed by atoms with Gasteiger partial charge in [0, 0.05) is 28.3 Å². The van der Waals surface area contributed by atoms with Crippen molar-refractivity contribution in [3.05, 3.63) is 132 Å². The summed E-state index contributed by atoms with van der Waals surface area (Å²) in [5, 5.41) is 11.5. The molecule has 0 saturated carbocycles. The van der Waals surface area contributed by atoms with Crippen LogP contribution in [-0.2, 0) is 0 Å². The van der Waals surface area contributed by atoms with Crippen molar-refractivity contribution in [2.24, 2.45) is 0 Å². The Hall–Kier alpha value is -4.96. The van der Waals surface area contributed by atoms with Gasteiger partial charge < -0.3 is 19.5 Å². The van der Waals surface area contributed by atoms with Crippen molar-refractivity contribution in [2.75, 3.05) is 6.54 Å². The fourth-order valence-corrected chi connectivity index (χ4v) is 5.71. The van der Waals surface area contributed by atoms with Gasteiger partial charge >= 0.3 is 0 Å². The van der Waals surface area contributed by atoms with Gasteiger partial charge in [0.2, 0.25) is 0 Å². The summed E-state index contributed by atoms with van der Waals surface area (Å²) in [6, 6.07) is 27.5. The summed E-state index contributed by atoms with van der Waals surface area (Å²) in [6.45, 7) is 0.841. The van der Waals surface area contributed by atoms with E-state index in [1.165, 1.54) is 5.56 Å². The highest BCUT2D eigenvalue weighted by Crippen LogP contribution is 2.44. The summed E-state index contributed by atoms with van der Waals surface area (Å²) in [5.74, 6) is 0. The molecule has 2 aromatic heterocycles. The quantitative estimate of drug-likeness (QED) is 0.261. The Bertz CT molecular complexity index is 2010. The molecule has 4 aromatic carbocycles. The average Bonchev–Trinajstić information content (AvgIpc) is 3.56. The van der Waals surface area contributed by atoms with E-state index in [1.54, 1.807) is 0 Å². The van der Waals surface area contributed by atoms with Gasteiger partial charge in [0.05, 0.1) is 22.8 Å². The summed E-state index contributed by atoms with van der Waals surface area (Å²) in [5.41, 5.74) is 9.05. The van der Waals surface area contributed by atoms with Crippen molar-refractivity contribution in [3.8, 4) is 11.1 Å². The molecule has 38 heavy (non-hydrogen) atoms. The molecule has 2 aliphatic rings. The Morgan fingerprint density at radius 3 is 2.34 bits per heavy atom. The summed E-state index contributed by atoms with van der Waals surface area (Å²) in [4.78, 5) is 0. The van der Waals surface area contributed by atoms with Crippen LogP contribution in [0, 0.1) is 0 Å². The van der Waals surface area contributed by atoms with Gasteiger partial charge in [-0.2, -0.15) is 0 Å². The minimum Gasteiger partial charge on any atom is -0.455 e. The zero-order chi connectivity index (χ0) is 25.1. The third-order valence-corrected chi connectivity index (χ3v) is 7.52. The van der Waals surface area contributed by atoms with Crippen molar-refractivity contribution in [1.29, 1.82) is 0 Å². The molecule has 8 rings (SSSR count). The standard InChI is InChI=1S/C34H24N2O2/c1-3-16-30-23(11-1)26-20-25(33-32(34(26)37-30)24-12-2-4-17-31(24)38-33)21-9-7-10-22(19-21)27-14-8-15-29(36-27)28-13-5-6-18-35-28/h1-17,19-20,27,35-36H,18H2. The summed E-state index contributed by atoms with van der Waals surface area (Å²) < 4.78 is 12.9. The van der Waals surface area contributed by atoms with Crippen LogP contribution in [0.2, 0.25) is 0 Å². The normalized spacial score (nSPS) is 17.1. The molecule has 4 nitrogen and oxygen atoms in total. The number of nitrogens with one attached hydrogen (secondary N) is 2. The predicted molar refractivity (Wildman–Crippen MR) is 155 cm³/mol.